The second kappa shape index (κ2) is 9.91. The summed E-state index contributed by atoms with van der Waals surface area (Å²) in [5, 5.41) is 31.5. The summed E-state index contributed by atoms with van der Waals surface area (Å²) in [4.78, 5) is 23.8. The highest BCUT2D eigenvalue weighted by Crippen LogP contribution is 2.34. The standard InChI is InChI=1S/C23H19N3O5/c24-14-15-8-10-16(11-9-15)25-23(29)31-21(6-3-7-22(28)26-30)19-12-13-20(27)18-5-2-1-4-17(18)19/h1-5,7-13,21,27,30H,6H2,(H,25,29)(H,26,28)/b7-3+/t21-/m1/s1. The minimum Gasteiger partial charge on any atom is -0.507 e. The van der Waals surface area contributed by atoms with Crippen molar-refractivity contribution in [2.24, 2.45) is 0 Å². The predicted molar refractivity (Wildman–Crippen MR) is 113 cm³/mol. The number of aromatic hydroxyl groups is 1. The Morgan fingerprint density at radius 1 is 1.06 bits per heavy atom. The molecule has 2 amide bonds. The molecule has 0 radical (unpaired) electrons. The van der Waals surface area contributed by atoms with Gasteiger partial charge in [0.05, 0.1) is 11.6 Å². The van der Waals surface area contributed by atoms with Crippen LogP contribution in [0, 0.1) is 11.3 Å². The largest absolute Gasteiger partial charge is 0.507 e. The number of carbonyl (C=O) groups excluding carboxylic acids is 2. The number of carbonyl (C=O) groups is 2. The van der Waals surface area contributed by atoms with Crippen LogP contribution in [0.15, 0.2) is 72.8 Å². The normalized spacial score (nSPS) is 11.6. The fourth-order valence-corrected chi connectivity index (χ4v) is 3.07. The van der Waals surface area contributed by atoms with Gasteiger partial charge in [0.15, 0.2) is 0 Å². The Balaban J connectivity index is 1.87. The lowest BCUT2D eigenvalue weighted by Crippen LogP contribution is -2.18. The molecule has 0 unspecified atom stereocenters. The molecular weight excluding hydrogens is 398 g/mol. The van der Waals surface area contributed by atoms with E-state index in [1.54, 1.807) is 54.6 Å². The van der Waals surface area contributed by atoms with Crippen LogP contribution in [0.4, 0.5) is 10.5 Å². The van der Waals surface area contributed by atoms with E-state index in [1.807, 2.05) is 6.07 Å². The Hall–Kier alpha value is -4.35. The van der Waals surface area contributed by atoms with Gasteiger partial charge in [-0.2, -0.15) is 5.26 Å². The fourth-order valence-electron chi connectivity index (χ4n) is 3.07. The number of nitriles is 1. The number of nitrogens with one attached hydrogen (secondary N) is 2. The highest BCUT2D eigenvalue weighted by molar-refractivity contribution is 5.92. The van der Waals surface area contributed by atoms with Crippen molar-refractivity contribution in [1.82, 2.24) is 5.48 Å². The third-order valence-corrected chi connectivity index (χ3v) is 4.52. The highest BCUT2D eigenvalue weighted by Gasteiger charge is 2.19. The van der Waals surface area contributed by atoms with E-state index in [4.69, 9.17) is 15.2 Å². The number of nitrogens with zero attached hydrogens (tertiary/aromatic N) is 1. The smallest absolute Gasteiger partial charge is 0.412 e. The topological polar surface area (TPSA) is 132 Å². The van der Waals surface area contributed by atoms with E-state index in [9.17, 15) is 14.7 Å². The van der Waals surface area contributed by atoms with Gasteiger partial charge in [0, 0.05) is 29.1 Å². The summed E-state index contributed by atoms with van der Waals surface area (Å²) in [5.74, 6) is -0.619. The Kier molecular flexibility index (Phi) is 6.83. The minimum absolute atomic E-state index is 0.0929. The number of amides is 2. The Morgan fingerprint density at radius 2 is 1.77 bits per heavy atom. The van der Waals surface area contributed by atoms with Gasteiger partial charge in [0.1, 0.15) is 11.9 Å². The lowest BCUT2D eigenvalue weighted by molar-refractivity contribution is -0.124. The Bertz CT molecular complexity index is 1170. The third-order valence-electron chi connectivity index (χ3n) is 4.52. The minimum atomic E-state index is -0.786. The van der Waals surface area contributed by atoms with Gasteiger partial charge in [-0.25, -0.2) is 10.3 Å². The molecule has 8 nitrogen and oxygen atoms in total. The maximum Gasteiger partial charge on any atom is 0.412 e. The monoisotopic (exact) mass is 417 g/mol. The number of anilines is 1. The number of ether oxygens (including phenoxy) is 1. The molecule has 0 saturated carbocycles. The first-order valence-corrected chi connectivity index (χ1v) is 9.31. The van der Waals surface area contributed by atoms with Gasteiger partial charge in [-0.05, 0) is 35.7 Å². The zero-order chi connectivity index (χ0) is 22.2. The molecule has 3 aromatic carbocycles. The lowest BCUT2D eigenvalue weighted by Gasteiger charge is -2.19. The van der Waals surface area contributed by atoms with Crippen LogP contribution >= 0.6 is 0 Å². The number of phenolic OH excluding ortho intramolecular Hbond substituents is 1. The van der Waals surface area contributed by atoms with Gasteiger partial charge in [-0.15, -0.1) is 0 Å². The van der Waals surface area contributed by atoms with Crippen molar-refractivity contribution < 1.29 is 24.6 Å². The molecule has 156 valence electrons. The van der Waals surface area contributed by atoms with Crippen molar-refractivity contribution in [1.29, 1.82) is 5.26 Å². The van der Waals surface area contributed by atoms with Crippen molar-refractivity contribution in [3.05, 3.63) is 83.9 Å². The summed E-state index contributed by atoms with van der Waals surface area (Å²) in [7, 11) is 0. The van der Waals surface area contributed by atoms with Gasteiger partial charge >= 0.3 is 6.09 Å². The molecule has 0 spiro atoms. The first kappa shape index (κ1) is 21.4. The van der Waals surface area contributed by atoms with Crippen molar-refractivity contribution >= 4 is 28.5 Å². The first-order chi connectivity index (χ1) is 15.0. The van der Waals surface area contributed by atoms with Crippen molar-refractivity contribution in [2.75, 3.05) is 5.32 Å². The molecule has 0 fully saturated rings. The van der Waals surface area contributed by atoms with Gasteiger partial charge in [-0.3, -0.25) is 15.3 Å². The summed E-state index contributed by atoms with van der Waals surface area (Å²) >= 11 is 0. The maximum absolute atomic E-state index is 12.5. The van der Waals surface area contributed by atoms with Crippen molar-refractivity contribution in [2.45, 2.75) is 12.5 Å². The number of hydroxylamine groups is 1. The second-order valence-electron chi connectivity index (χ2n) is 6.54. The van der Waals surface area contributed by atoms with E-state index in [2.05, 4.69) is 5.32 Å². The van der Waals surface area contributed by atoms with E-state index < -0.39 is 18.1 Å². The van der Waals surface area contributed by atoms with Gasteiger partial charge in [0.25, 0.3) is 5.91 Å². The van der Waals surface area contributed by atoms with Crippen LogP contribution in [-0.4, -0.2) is 22.3 Å². The zero-order valence-corrected chi connectivity index (χ0v) is 16.3. The highest BCUT2D eigenvalue weighted by atomic mass is 16.6. The summed E-state index contributed by atoms with van der Waals surface area (Å²) in [5.41, 5.74) is 3.04. The molecule has 3 rings (SSSR count). The van der Waals surface area contributed by atoms with Crippen LogP contribution in [0.25, 0.3) is 10.8 Å². The molecule has 8 heteroatoms. The van der Waals surface area contributed by atoms with Crippen LogP contribution < -0.4 is 10.8 Å². The van der Waals surface area contributed by atoms with Crippen molar-refractivity contribution in [3.63, 3.8) is 0 Å². The summed E-state index contributed by atoms with van der Waals surface area (Å²) in [6, 6.07) is 18.6. The summed E-state index contributed by atoms with van der Waals surface area (Å²) in [6.45, 7) is 0. The Morgan fingerprint density at radius 3 is 2.45 bits per heavy atom. The number of hydrogen-bond donors (Lipinski definition) is 4. The Labute approximate surface area is 178 Å². The molecular formula is C23H19N3O5. The van der Waals surface area contributed by atoms with E-state index in [1.165, 1.54) is 17.6 Å². The molecule has 0 aliphatic rings. The molecule has 0 heterocycles. The van der Waals surface area contributed by atoms with Crippen molar-refractivity contribution in [3.8, 4) is 11.8 Å². The number of hydrogen-bond acceptors (Lipinski definition) is 6. The van der Waals surface area contributed by atoms with Crippen LogP contribution in [0.2, 0.25) is 0 Å². The fraction of sp³-hybridized carbons (Fsp3) is 0.0870. The molecule has 1 atom stereocenters. The maximum atomic E-state index is 12.5. The summed E-state index contributed by atoms with van der Waals surface area (Å²) in [6.07, 6.45) is 1.21. The zero-order valence-electron chi connectivity index (χ0n) is 16.3. The molecule has 4 N–H and O–H groups in total. The van der Waals surface area contributed by atoms with E-state index in [0.29, 0.717) is 27.6 Å². The second-order valence-corrected chi connectivity index (χ2v) is 6.54. The molecule has 0 aliphatic carbocycles. The molecule has 0 aliphatic heterocycles. The number of rotatable bonds is 6. The van der Waals surface area contributed by atoms with Gasteiger partial charge < -0.3 is 9.84 Å². The third kappa shape index (κ3) is 5.38. The van der Waals surface area contributed by atoms with Crippen LogP contribution in [-0.2, 0) is 9.53 Å². The SMILES string of the molecule is N#Cc1ccc(NC(=O)O[C@H](C/C=C/C(=O)NO)c2ccc(O)c3ccccc23)cc1. The number of phenols is 1. The van der Waals surface area contributed by atoms with E-state index in [0.717, 1.165) is 6.08 Å². The number of fused-ring (bicyclic) bond motifs is 1. The lowest BCUT2D eigenvalue weighted by atomic mass is 9.97. The van der Waals surface area contributed by atoms with E-state index >= 15 is 0 Å². The number of benzene rings is 3. The molecule has 31 heavy (non-hydrogen) atoms. The molecule has 3 aromatic rings. The summed E-state index contributed by atoms with van der Waals surface area (Å²) < 4.78 is 5.62. The van der Waals surface area contributed by atoms with Crippen LogP contribution in [0.3, 0.4) is 0 Å². The molecule has 0 saturated heterocycles. The first-order valence-electron chi connectivity index (χ1n) is 9.31. The average Bonchev–Trinajstić information content (AvgIpc) is 2.79. The van der Waals surface area contributed by atoms with E-state index in [-0.39, 0.29) is 12.2 Å². The predicted octanol–water partition coefficient (Wildman–Crippen LogP) is 4.16. The average molecular weight is 417 g/mol. The van der Waals surface area contributed by atoms with Gasteiger partial charge in [-0.1, -0.05) is 36.4 Å². The van der Waals surface area contributed by atoms with Crippen LogP contribution in [0.5, 0.6) is 5.75 Å². The van der Waals surface area contributed by atoms with Gasteiger partial charge in [0.2, 0.25) is 0 Å². The molecule has 0 bridgehead atoms. The molecule has 0 aromatic heterocycles. The quantitative estimate of drug-likeness (QED) is 0.271. The van der Waals surface area contributed by atoms with Crippen LogP contribution in [0.1, 0.15) is 23.7 Å².